The van der Waals surface area contributed by atoms with E-state index < -0.39 is 40.8 Å². The molecule has 0 bridgehead atoms. The third kappa shape index (κ3) is 5.37. The minimum absolute atomic E-state index is 0.0151. The number of nitriles is 1. The molecule has 0 saturated carbocycles. The van der Waals surface area contributed by atoms with Gasteiger partial charge < -0.3 is 5.32 Å². The largest absolute Gasteiger partial charge is 0.416 e. The van der Waals surface area contributed by atoms with Gasteiger partial charge in [-0.2, -0.15) is 36.7 Å². The molecule has 176 valence electrons. The number of aromatic nitrogens is 3. The Bertz CT molecular complexity index is 1320. The summed E-state index contributed by atoms with van der Waals surface area (Å²) in [4.78, 5) is 16.1. The summed E-state index contributed by atoms with van der Waals surface area (Å²) in [7, 11) is 0. The number of carbonyl (C=O) groups excluding carboxylic acids is 1. The van der Waals surface area contributed by atoms with E-state index in [2.05, 4.69) is 15.4 Å². The van der Waals surface area contributed by atoms with E-state index in [9.17, 15) is 36.4 Å². The number of hydrogen-bond donors (Lipinski definition) is 1. The van der Waals surface area contributed by atoms with Gasteiger partial charge in [-0.25, -0.2) is 9.67 Å². The molecular weight excluding hydrogens is 488 g/mol. The number of nitrogens with zero attached hydrogens (tertiary/aromatic N) is 4. The number of hydrogen-bond acceptors (Lipinski definition) is 4. The third-order valence-corrected chi connectivity index (χ3v) is 4.81. The standard InChI is InChI=1S/C21H12ClF6N5O/c1-11-16(18(22)33(32-11)15-4-2-3-13(8-15)20(23,24)25)7-12(10-29)19(34)31-17-9-14(5-6-30-17)21(26,27)28/h2-9H,1H3,(H,30,31,34)/b12-7+. The lowest BCUT2D eigenvalue weighted by Crippen LogP contribution is -2.15. The molecule has 1 amide bonds. The average molecular weight is 500 g/mol. The van der Waals surface area contributed by atoms with Gasteiger partial charge in [0.15, 0.2) is 0 Å². The van der Waals surface area contributed by atoms with Crippen molar-refractivity contribution in [1.82, 2.24) is 14.8 Å². The second-order valence-corrected chi connectivity index (χ2v) is 7.16. The van der Waals surface area contributed by atoms with Crippen molar-refractivity contribution in [3.63, 3.8) is 0 Å². The van der Waals surface area contributed by atoms with Crippen LogP contribution in [0.25, 0.3) is 11.8 Å². The van der Waals surface area contributed by atoms with Crippen LogP contribution in [-0.4, -0.2) is 20.7 Å². The van der Waals surface area contributed by atoms with Gasteiger partial charge in [0.2, 0.25) is 0 Å². The maximum atomic E-state index is 13.0. The predicted octanol–water partition coefficient (Wildman–Crippen LogP) is 5.81. The number of halogens is 7. The summed E-state index contributed by atoms with van der Waals surface area (Å²) in [6.45, 7) is 1.45. The van der Waals surface area contributed by atoms with Crippen molar-refractivity contribution >= 4 is 29.4 Å². The van der Waals surface area contributed by atoms with Crippen molar-refractivity contribution in [2.45, 2.75) is 19.3 Å². The van der Waals surface area contributed by atoms with Crippen molar-refractivity contribution in [1.29, 1.82) is 5.26 Å². The molecule has 0 radical (unpaired) electrons. The van der Waals surface area contributed by atoms with Gasteiger partial charge in [-0.3, -0.25) is 4.79 Å². The van der Waals surface area contributed by atoms with E-state index in [1.54, 1.807) is 6.07 Å². The van der Waals surface area contributed by atoms with Crippen LogP contribution in [0, 0.1) is 18.3 Å². The van der Waals surface area contributed by atoms with E-state index in [0.717, 1.165) is 35.2 Å². The molecule has 2 heterocycles. The molecular formula is C21H12ClF6N5O. The Balaban J connectivity index is 1.94. The second-order valence-electron chi connectivity index (χ2n) is 6.80. The topological polar surface area (TPSA) is 83.6 Å². The third-order valence-electron chi connectivity index (χ3n) is 4.45. The highest BCUT2D eigenvalue weighted by Crippen LogP contribution is 2.33. The van der Waals surface area contributed by atoms with E-state index in [1.165, 1.54) is 13.0 Å². The monoisotopic (exact) mass is 499 g/mol. The number of alkyl halides is 6. The summed E-state index contributed by atoms with van der Waals surface area (Å²) in [6.07, 6.45) is -7.40. The SMILES string of the molecule is Cc1nn(-c2cccc(C(F)(F)F)c2)c(Cl)c1/C=C(\C#N)C(=O)Nc1cc(C(F)(F)F)ccn1. The molecule has 34 heavy (non-hydrogen) atoms. The lowest BCUT2D eigenvalue weighted by atomic mass is 10.1. The lowest BCUT2D eigenvalue weighted by Gasteiger charge is -2.09. The van der Waals surface area contributed by atoms with E-state index in [0.29, 0.717) is 12.1 Å². The first-order valence-electron chi connectivity index (χ1n) is 9.20. The summed E-state index contributed by atoms with van der Waals surface area (Å²) in [5.41, 5.74) is -2.31. The zero-order chi connectivity index (χ0) is 25.3. The van der Waals surface area contributed by atoms with Crippen LogP contribution < -0.4 is 5.32 Å². The fraction of sp³-hybridized carbons (Fsp3) is 0.143. The van der Waals surface area contributed by atoms with Crippen molar-refractivity contribution in [2.75, 3.05) is 5.32 Å². The van der Waals surface area contributed by atoms with Crippen molar-refractivity contribution in [2.24, 2.45) is 0 Å². The smallest absolute Gasteiger partial charge is 0.306 e. The van der Waals surface area contributed by atoms with Crippen LogP contribution in [0.5, 0.6) is 0 Å². The number of rotatable bonds is 4. The lowest BCUT2D eigenvalue weighted by molar-refractivity contribution is -0.138. The highest BCUT2D eigenvalue weighted by atomic mass is 35.5. The molecule has 6 nitrogen and oxygen atoms in total. The van der Waals surface area contributed by atoms with Crippen LogP contribution in [0.1, 0.15) is 22.4 Å². The molecule has 0 spiro atoms. The molecule has 0 fully saturated rings. The zero-order valence-corrected chi connectivity index (χ0v) is 17.7. The van der Waals surface area contributed by atoms with E-state index in [1.807, 2.05) is 0 Å². The number of aryl methyl sites for hydroxylation is 1. The van der Waals surface area contributed by atoms with Gasteiger partial charge >= 0.3 is 12.4 Å². The average Bonchev–Trinajstić information content (AvgIpc) is 3.04. The van der Waals surface area contributed by atoms with Gasteiger partial charge in [-0.15, -0.1) is 0 Å². The Hall–Kier alpha value is -3.85. The molecule has 0 saturated heterocycles. The first-order valence-corrected chi connectivity index (χ1v) is 9.58. The maximum absolute atomic E-state index is 13.0. The summed E-state index contributed by atoms with van der Waals surface area (Å²) in [5, 5.41) is 15.3. The van der Waals surface area contributed by atoms with Crippen LogP contribution in [0.3, 0.4) is 0 Å². The Morgan fingerprint density at radius 3 is 2.38 bits per heavy atom. The fourth-order valence-corrected chi connectivity index (χ4v) is 3.14. The minimum Gasteiger partial charge on any atom is -0.306 e. The van der Waals surface area contributed by atoms with Gasteiger partial charge in [0.05, 0.1) is 22.5 Å². The zero-order valence-electron chi connectivity index (χ0n) is 17.0. The Kier molecular flexibility index (Phi) is 6.70. The molecule has 3 aromatic rings. The van der Waals surface area contributed by atoms with Crippen molar-refractivity contribution in [3.8, 4) is 11.8 Å². The molecule has 2 aromatic heterocycles. The molecule has 0 aliphatic rings. The number of nitrogens with one attached hydrogen (secondary N) is 1. The molecule has 0 aliphatic heterocycles. The minimum atomic E-state index is -4.67. The van der Waals surface area contributed by atoms with Gasteiger partial charge in [0.25, 0.3) is 5.91 Å². The van der Waals surface area contributed by atoms with Gasteiger partial charge in [0, 0.05) is 11.8 Å². The van der Waals surface area contributed by atoms with Crippen LogP contribution in [-0.2, 0) is 17.1 Å². The molecule has 3 rings (SSSR count). The maximum Gasteiger partial charge on any atom is 0.416 e. The van der Waals surface area contributed by atoms with Gasteiger partial charge in [-0.1, -0.05) is 17.7 Å². The van der Waals surface area contributed by atoms with Crippen LogP contribution in [0.2, 0.25) is 5.15 Å². The molecule has 1 N–H and O–H groups in total. The molecule has 13 heteroatoms. The van der Waals surface area contributed by atoms with E-state index >= 15 is 0 Å². The highest BCUT2D eigenvalue weighted by molar-refractivity contribution is 6.31. The van der Waals surface area contributed by atoms with Crippen LogP contribution in [0.15, 0.2) is 48.2 Å². The Morgan fingerprint density at radius 2 is 1.76 bits per heavy atom. The normalized spacial score (nSPS) is 12.4. The molecule has 0 atom stereocenters. The highest BCUT2D eigenvalue weighted by Gasteiger charge is 2.32. The summed E-state index contributed by atoms with van der Waals surface area (Å²) in [6, 6.07) is 7.09. The van der Waals surface area contributed by atoms with Gasteiger partial charge in [0.1, 0.15) is 22.6 Å². The fourth-order valence-electron chi connectivity index (χ4n) is 2.81. The number of benzene rings is 1. The number of pyridine rings is 1. The first-order chi connectivity index (χ1) is 15.8. The predicted molar refractivity (Wildman–Crippen MR) is 110 cm³/mol. The molecule has 1 aromatic carbocycles. The van der Waals surface area contributed by atoms with Crippen LogP contribution >= 0.6 is 11.6 Å². The Labute approximate surface area is 193 Å². The van der Waals surface area contributed by atoms with E-state index in [4.69, 9.17) is 11.6 Å². The quantitative estimate of drug-likeness (QED) is 0.279. The van der Waals surface area contributed by atoms with Crippen molar-refractivity contribution < 1.29 is 31.1 Å². The number of amides is 1. The van der Waals surface area contributed by atoms with Gasteiger partial charge in [-0.05, 0) is 43.3 Å². The first kappa shape index (κ1) is 24.8. The summed E-state index contributed by atoms with van der Waals surface area (Å²) < 4.78 is 78.6. The summed E-state index contributed by atoms with van der Waals surface area (Å²) >= 11 is 6.26. The Morgan fingerprint density at radius 1 is 1.12 bits per heavy atom. The van der Waals surface area contributed by atoms with Crippen LogP contribution in [0.4, 0.5) is 32.2 Å². The number of anilines is 1. The summed E-state index contributed by atoms with van der Waals surface area (Å²) in [5.74, 6) is -1.51. The second kappa shape index (κ2) is 9.18. The number of carbonyl (C=O) groups is 1. The van der Waals surface area contributed by atoms with Crippen molar-refractivity contribution in [3.05, 3.63) is 75.7 Å². The van der Waals surface area contributed by atoms with E-state index in [-0.39, 0.29) is 22.1 Å². The molecule has 0 aliphatic carbocycles. The molecule has 0 unspecified atom stereocenters.